The third-order valence-electron chi connectivity index (χ3n) is 3.66. The van der Waals surface area contributed by atoms with Crippen LogP contribution in [0.2, 0.25) is 0 Å². The molecule has 7 nitrogen and oxygen atoms in total. The van der Waals surface area contributed by atoms with Crippen LogP contribution in [-0.4, -0.2) is 47.9 Å². The van der Waals surface area contributed by atoms with Gasteiger partial charge in [-0.25, -0.2) is 8.42 Å². The van der Waals surface area contributed by atoms with Crippen LogP contribution < -0.4 is 19.1 Å². The fourth-order valence-electron chi connectivity index (χ4n) is 2.39. The topological polar surface area (TPSA) is 84.9 Å². The van der Waals surface area contributed by atoms with Crippen molar-refractivity contribution in [1.82, 2.24) is 5.32 Å². The number of amides is 1. The van der Waals surface area contributed by atoms with E-state index >= 15 is 0 Å². The van der Waals surface area contributed by atoms with E-state index in [0.29, 0.717) is 22.7 Å². The van der Waals surface area contributed by atoms with Gasteiger partial charge in [-0.1, -0.05) is 18.2 Å². The van der Waals surface area contributed by atoms with E-state index < -0.39 is 10.0 Å². The number of carbonyl (C=O) groups is 1. The monoisotopic (exact) mass is 378 g/mol. The Morgan fingerprint density at radius 2 is 1.62 bits per heavy atom. The second-order valence-electron chi connectivity index (χ2n) is 5.53. The van der Waals surface area contributed by atoms with Crippen LogP contribution >= 0.6 is 0 Å². The Hall–Kier alpha value is -2.74. The number of hydrogen-bond acceptors (Lipinski definition) is 5. The first-order valence-corrected chi connectivity index (χ1v) is 9.74. The summed E-state index contributed by atoms with van der Waals surface area (Å²) in [5.41, 5.74) is 0.916. The molecular weight excluding hydrogens is 356 g/mol. The van der Waals surface area contributed by atoms with Crippen molar-refractivity contribution in [3.63, 3.8) is 0 Å². The lowest BCUT2D eigenvalue weighted by atomic mass is 10.2. The molecule has 26 heavy (non-hydrogen) atoms. The van der Waals surface area contributed by atoms with Gasteiger partial charge in [0.15, 0.2) is 0 Å². The number of rotatable bonds is 8. The maximum Gasteiger partial charge on any atom is 0.251 e. The number of anilines is 1. The molecular formula is C18H22N2O5S. The highest BCUT2D eigenvalue weighted by molar-refractivity contribution is 7.92. The highest BCUT2D eigenvalue weighted by Gasteiger charge is 2.17. The molecule has 1 N–H and O–H groups in total. The van der Waals surface area contributed by atoms with E-state index in [9.17, 15) is 13.2 Å². The summed E-state index contributed by atoms with van der Waals surface area (Å²) >= 11 is 0. The molecule has 140 valence electrons. The van der Waals surface area contributed by atoms with Gasteiger partial charge in [-0.15, -0.1) is 0 Å². The van der Waals surface area contributed by atoms with Crippen molar-refractivity contribution in [2.45, 2.75) is 0 Å². The first kappa shape index (κ1) is 19.6. The van der Waals surface area contributed by atoms with Crippen LogP contribution in [0.25, 0.3) is 0 Å². The van der Waals surface area contributed by atoms with E-state index in [0.717, 1.165) is 6.26 Å². The number of benzene rings is 2. The number of nitrogens with one attached hydrogen (secondary N) is 1. The number of para-hydroxylation sites is 1. The molecule has 0 radical (unpaired) electrons. The van der Waals surface area contributed by atoms with Crippen molar-refractivity contribution >= 4 is 21.6 Å². The molecule has 0 fully saturated rings. The first-order chi connectivity index (χ1) is 12.3. The molecule has 0 bridgehead atoms. The molecule has 0 heterocycles. The molecule has 8 heteroatoms. The predicted octanol–water partition coefficient (Wildman–Crippen LogP) is 1.90. The van der Waals surface area contributed by atoms with Crippen molar-refractivity contribution in [1.29, 1.82) is 0 Å². The Morgan fingerprint density at radius 1 is 1.04 bits per heavy atom. The van der Waals surface area contributed by atoms with Gasteiger partial charge in [0.2, 0.25) is 10.0 Å². The highest BCUT2D eigenvalue weighted by atomic mass is 32.2. The predicted molar refractivity (Wildman–Crippen MR) is 101 cm³/mol. The molecule has 0 spiro atoms. The maximum absolute atomic E-state index is 12.4. The van der Waals surface area contributed by atoms with Gasteiger partial charge in [0.1, 0.15) is 11.5 Å². The zero-order valence-corrected chi connectivity index (χ0v) is 15.7. The fourth-order valence-corrected chi connectivity index (χ4v) is 3.32. The van der Waals surface area contributed by atoms with Gasteiger partial charge in [0.25, 0.3) is 5.91 Å². The SMILES string of the molecule is COc1cc(OC)cc(C(=O)NCCN(c2ccccc2)S(C)(=O)=O)c1. The summed E-state index contributed by atoms with van der Waals surface area (Å²) in [6.45, 7) is 0.274. The summed E-state index contributed by atoms with van der Waals surface area (Å²) in [6, 6.07) is 13.6. The molecule has 0 aliphatic rings. The lowest BCUT2D eigenvalue weighted by Crippen LogP contribution is -2.38. The average molecular weight is 378 g/mol. The minimum atomic E-state index is -3.46. The van der Waals surface area contributed by atoms with Gasteiger partial charge in [0.05, 0.1) is 32.7 Å². The minimum Gasteiger partial charge on any atom is -0.497 e. The standard InChI is InChI=1S/C18H22N2O5S/c1-24-16-11-14(12-17(13-16)25-2)18(21)19-9-10-20(26(3,22)23)15-7-5-4-6-8-15/h4-8,11-13H,9-10H2,1-3H3,(H,19,21). The van der Waals surface area contributed by atoms with E-state index in [4.69, 9.17) is 9.47 Å². The molecule has 2 rings (SSSR count). The Morgan fingerprint density at radius 3 is 2.12 bits per heavy atom. The molecule has 0 atom stereocenters. The quantitative estimate of drug-likeness (QED) is 0.758. The van der Waals surface area contributed by atoms with Gasteiger partial charge in [0, 0.05) is 18.2 Å². The fraction of sp³-hybridized carbons (Fsp3) is 0.278. The van der Waals surface area contributed by atoms with Crippen LogP contribution in [0.4, 0.5) is 5.69 Å². The van der Waals surface area contributed by atoms with Crippen molar-refractivity contribution in [2.75, 3.05) is 37.9 Å². The van der Waals surface area contributed by atoms with E-state index in [-0.39, 0.29) is 19.0 Å². The highest BCUT2D eigenvalue weighted by Crippen LogP contribution is 2.22. The summed E-state index contributed by atoms with van der Waals surface area (Å²) in [4.78, 5) is 12.4. The Bertz CT molecular complexity index is 831. The van der Waals surface area contributed by atoms with Crippen molar-refractivity contribution < 1.29 is 22.7 Å². The van der Waals surface area contributed by atoms with E-state index in [1.54, 1.807) is 42.5 Å². The number of sulfonamides is 1. The molecule has 0 aliphatic heterocycles. The van der Waals surface area contributed by atoms with Crippen LogP contribution in [0.15, 0.2) is 48.5 Å². The third-order valence-corrected chi connectivity index (χ3v) is 4.85. The van der Waals surface area contributed by atoms with Gasteiger partial charge >= 0.3 is 0 Å². The Kier molecular flexibility index (Phi) is 6.46. The smallest absolute Gasteiger partial charge is 0.251 e. The van der Waals surface area contributed by atoms with E-state index in [2.05, 4.69) is 5.32 Å². The largest absolute Gasteiger partial charge is 0.497 e. The summed E-state index contributed by atoms with van der Waals surface area (Å²) in [5.74, 6) is 0.650. The zero-order chi connectivity index (χ0) is 19.2. The summed E-state index contributed by atoms with van der Waals surface area (Å²) in [6.07, 6.45) is 1.13. The third kappa shape index (κ3) is 5.13. The van der Waals surface area contributed by atoms with E-state index in [1.165, 1.54) is 18.5 Å². The second kappa shape index (κ2) is 8.57. The second-order valence-corrected chi connectivity index (χ2v) is 7.43. The van der Waals surface area contributed by atoms with Crippen molar-refractivity contribution in [3.05, 3.63) is 54.1 Å². The summed E-state index contributed by atoms with van der Waals surface area (Å²) in [7, 11) is -0.459. The number of hydrogen-bond donors (Lipinski definition) is 1. The lowest BCUT2D eigenvalue weighted by molar-refractivity contribution is 0.0954. The Labute approximate surface area is 153 Å². The normalized spacial score (nSPS) is 10.9. The zero-order valence-electron chi connectivity index (χ0n) is 14.9. The van der Waals surface area contributed by atoms with Crippen LogP contribution in [0.5, 0.6) is 11.5 Å². The number of methoxy groups -OCH3 is 2. The molecule has 2 aromatic carbocycles. The first-order valence-electron chi connectivity index (χ1n) is 7.89. The van der Waals surface area contributed by atoms with Crippen LogP contribution in [-0.2, 0) is 10.0 Å². The molecule has 0 aromatic heterocycles. The molecule has 0 saturated heterocycles. The molecule has 0 saturated carbocycles. The molecule has 2 aromatic rings. The maximum atomic E-state index is 12.4. The van der Waals surface area contributed by atoms with Crippen LogP contribution in [0.3, 0.4) is 0 Å². The van der Waals surface area contributed by atoms with Crippen molar-refractivity contribution in [2.24, 2.45) is 0 Å². The van der Waals surface area contributed by atoms with Gasteiger partial charge < -0.3 is 14.8 Å². The minimum absolute atomic E-state index is 0.121. The summed E-state index contributed by atoms with van der Waals surface area (Å²) in [5, 5.41) is 2.72. The molecule has 0 aliphatic carbocycles. The Balaban J connectivity index is 2.07. The molecule has 1 amide bonds. The van der Waals surface area contributed by atoms with Crippen molar-refractivity contribution in [3.8, 4) is 11.5 Å². The number of carbonyl (C=O) groups excluding carboxylic acids is 1. The van der Waals surface area contributed by atoms with Gasteiger partial charge in [-0.3, -0.25) is 9.10 Å². The van der Waals surface area contributed by atoms with Crippen LogP contribution in [0.1, 0.15) is 10.4 Å². The van der Waals surface area contributed by atoms with E-state index in [1.807, 2.05) is 6.07 Å². The van der Waals surface area contributed by atoms with Crippen LogP contribution in [0, 0.1) is 0 Å². The van der Waals surface area contributed by atoms with Gasteiger partial charge in [-0.2, -0.15) is 0 Å². The number of ether oxygens (including phenoxy) is 2. The number of nitrogens with zero attached hydrogens (tertiary/aromatic N) is 1. The lowest BCUT2D eigenvalue weighted by Gasteiger charge is -2.22. The van der Waals surface area contributed by atoms with Gasteiger partial charge in [-0.05, 0) is 24.3 Å². The molecule has 0 unspecified atom stereocenters. The average Bonchev–Trinajstić information content (AvgIpc) is 2.64. The summed E-state index contributed by atoms with van der Waals surface area (Å²) < 4.78 is 35.6.